The molecule has 0 unspecified atom stereocenters. The average Bonchev–Trinajstić information content (AvgIpc) is 2.71. The standard InChI is InChI=1S/C15H20N4O/c1-10-14(11(2)18-17-10)9-19(3)8-12-4-6-13(7-5-12)15(16)20/h4-7H,8-9H2,1-3H3,(H2,16,20)(H,17,18). The van der Waals surface area contributed by atoms with Gasteiger partial charge in [0.25, 0.3) is 0 Å². The quantitative estimate of drug-likeness (QED) is 0.871. The van der Waals surface area contributed by atoms with Crippen molar-refractivity contribution in [2.45, 2.75) is 26.9 Å². The van der Waals surface area contributed by atoms with E-state index in [-0.39, 0.29) is 0 Å². The molecular weight excluding hydrogens is 252 g/mol. The minimum atomic E-state index is -0.394. The fourth-order valence-electron chi connectivity index (χ4n) is 2.22. The van der Waals surface area contributed by atoms with Crippen molar-refractivity contribution in [1.82, 2.24) is 15.1 Å². The molecule has 2 rings (SSSR count). The zero-order valence-corrected chi connectivity index (χ0v) is 12.1. The summed E-state index contributed by atoms with van der Waals surface area (Å²) in [6.45, 7) is 5.69. The minimum absolute atomic E-state index is 0.394. The second kappa shape index (κ2) is 5.88. The lowest BCUT2D eigenvalue weighted by atomic mass is 10.1. The predicted molar refractivity (Wildman–Crippen MR) is 78.2 cm³/mol. The number of carbonyl (C=O) groups excluding carboxylic acids is 1. The Morgan fingerprint density at radius 3 is 2.40 bits per heavy atom. The molecule has 1 heterocycles. The fraction of sp³-hybridized carbons (Fsp3) is 0.333. The van der Waals surface area contributed by atoms with Crippen LogP contribution in [0.5, 0.6) is 0 Å². The van der Waals surface area contributed by atoms with Gasteiger partial charge in [-0.25, -0.2) is 0 Å². The first-order valence-corrected chi connectivity index (χ1v) is 6.55. The van der Waals surface area contributed by atoms with Gasteiger partial charge in [0.15, 0.2) is 0 Å². The van der Waals surface area contributed by atoms with Crippen molar-refractivity contribution in [3.8, 4) is 0 Å². The Bertz CT molecular complexity index is 581. The van der Waals surface area contributed by atoms with E-state index in [1.807, 2.05) is 26.0 Å². The second-order valence-corrected chi connectivity index (χ2v) is 5.15. The summed E-state index contributed by atoms with van der Waals surface area (Å²) < 4.78 is 0. The highest BCUT2D eigenvalue weighted by Crippen LogP contribution is 2.14. The summed E-state index contributed by atoms with van der Waals surface area (Å²) >= 11 is 0. The summed E-state index contributed by atoms with van der Waals surface area (Å²) in [5, 5.41) is 7.20. The van der Waals surface area contributed by atoms with Gasteiger partial charge in [0.1, 0.15) is 0 Å². The van der Waals surface area contributed by atoms with Gasteiger partial charge < -0.3 is 5.73 Å². The number of hydrogen-bond acceptors (Lipinski definition) is 3. The van der Waals surface area contributed by atoms with E-state index in [9.17, 15) is 4.79 Å². The summed E-state index contributed by atoms with van der Waals surface area (Å²) in [5.74, 6) is -0.394. The van der Waals surface area contributed by atoms with Gasteiger partial charge in [-0.05, 0) is 38.6 Å². The van der Waals surface area contributed by atoms with E-state index in [4.69, 9.17) is 5.73 Å². The van der Waals surface area contributed by atoms with Crippen molar-refractivity contribution in [2.75, 3.05) is 7.05 Å². The molecule has 106 valence electrons. The lowest BCUT2D eigenvalue weighted by Gasteiger charge is -2.17. The molecule has 0 aliphatic heterocycles. The smallest absolute Gasteiger partial charge is 0.248 e. The molecule has 1 amide bonds. The third-order valence-corrected chi connectivity index (χ3v) is 3.40. The van der Waals surface area contributed by atoms with Crippen LogP contribution in [-0.4, -0.2) is 28.1 Å². The molecule has 2 aromatic rings. The molecule has 0 aliphatic rings. The van der Waals surface area contributed by atoms with Crippen LogP contribution in [0, 0.1) is 13.8 Å². The summed E-state index contributed by atoms with van der Waals surface area (Å²) in [4.78, 5) is 13.2. The van der Waals surface area contributed by atoms with E-state index in [0.29, 0.717) is 5.56 Å². The van der Waals surface area contributed by atoms with Gasteiger partial charge in [-0.2, -0.15) is 5.10 Å². The Kier molecular flexibility index (Phi) is 4.20. The Morgan fingerprint density at radius 2 is 1.90 bits per heavy atom. The number of primary amides is 1. The lowest BCUT2D eigenvalue weighted by Crippen LogP contribution is -2.18. The van der Waals surface area contributed by atoms with Crippen molar-refractivity contribution in [2.24, 2.45) is 5.73 Å². The molecule has 1 aromatic heterocycles. The van der Waals surface area contributed by atoms with Crippen LogP contribution in [0.3, 0.4) is 0 Å². The van der Waals surface area contributed by atoms with E-state index in [2.05, 4.69) is 22.1 Å². The van der Waals surface area contributed by atoms with Crippen LogP contribution < -0.4 is 5.73 Å². The number of amides is 1. The monoisotopic (exact) mass is 272 g/mol. The van der Waals surface area contributed by atoms with E-state index in [1.54, 1.807) is 12.1 Å². The number of rotatable bonds is 5. The van der Waals surface area contributed by atoms with Gasteiger partial charge in [-0.15, -0.1) is 0 Å². The van der Waals surface area contributed by atoms with Crippen molar-refractivity contribution in [3.63, 3.8) is 0 Å². The van der Waals surface area contributed by atoms with Gasteiger partial charge in [-0.1, -0.05) is 12.1 Å². The third kappa shape index (κ3) is 3.24. The molecule has 3 N–H and O–H groups in total. The summed E-state index contributed by atoms with van der Waals surface area (Å²) in [7, 11) is 2.06. The molecule has 0 atom stereocenters. The van der Waals surface area contributed by atoms with E-state index in [0.717, 1.165) is 30.0 Å². The van der Waals surface area contributed by atoms with Gasteiger partial charge in [0.2, 0.25) is 5.91 Å². The van der Waals surface area contributed by atoms with E-state index in [1.165, 1.54) is 5.56 Å². The number of aryl methyl sites for hydroxylation is 2. The molecule has 0 saturated carbocycles. The topological polar surface area (TPSA) is 75.0 Å². The van der Waals surface area contributed by atoms with Crippen LogP contribution in [0.25, 0.3) is 0 Å². The number of hydrogen-bond donors (Lipinski definition) is 2. The number of nitrogens with two attached hydrogens (primary N) is 1. The first kappa shape index (κ1) is 14.3. The number of H-pyrrole nitrogens is 1. The molecule has 1 aromatic carbocycles. The molecule has 5 heteroatoms. The minimum Gasteiger partial charge on any atom is -0.366 e. The molecule has 0 spiro atoms. The SMILES string of the molecule is Cc1n[nH]c(C)c1CN(C)Cc1ccc(C(N)=O)cc1. The zero-order valence-electron chi connectivity index (χ0n) is 12.1. The van der Waals surface area contributed by atoms with Gasteiger partial charge >= 0.3 is 0 Å². The molecule has 5 nitrogen and oxygen atoms in total. The average molecular weight is 272 g/mol. The molecule has 0 bridgehead atoms. The first-order chi connectivity index (χ1) is 9.47. The number of aromatic amines is 1. The highest BCUT2D eigenvalue weighted by atomic mass is 16.1. The Balaban J connectivity index is 2.01. The maximum atomic E-state index is 11.0. The van der Waals surface area contributed by atoms with Gasteiger partial charge in [0.05, 0.1) is 5.69 Å². The van der Waals surface area contributed by atoms with Gasteiger partial charge in [0, 0.05) is 29.9 Å². The molecule has 0 fully saturated rings. The molecule has 0 saturated heterocycles. The Morgan fingerprint density at radius 1 is 1.25 bits per heavy atom. The normalized spacial score (nSPS) is 11.0. The Hall–Kier alpha value is -2.14. The van der Waals surface area contributed by atoms with Crippen LogP contribution in [-0.2, 0) is 13.1 Å². The van der Waals surface area contributed by atoms with Crippen LogP contribution in [0.2, 0.25) is 0 Å². The molecule has 20 heavy (non-hydrogen) atoms. The fourth-order valence-corrected chi connectivity index (χ4v) is 2.22. The van der Waals surface area contributed by atoms with E-state index >= 15 is 0 Å². The lowest BCUT2D eigenvalue weighted by molar-refractivity contribution is 0.100. The van der Waals surface area contributed by atoms with Crippen LogP contribution in [0.4, 0.5) is 0 Å². The highest BCUT2D eigenvalue weighted by Gasteiger charge is 2.09. The Labute approximate surface area is 118 Å². The zero-order chi connectivity index (χ0) is 14.7. The maximum absolute atomic E-state index is 11.0. The number of nitrogens with one attached hydrogen (secondary N) is 1. The van der Waals surface area contributed by atoms with Crippen LogP contribution in [0.15, 0.2) is 24.3 Å². The predicted octanol–water partition coefficient (Wildman–Crippen LogP) is 1.76. The second-order valence-electron chi connectivity index (χ2n) is 5.15. The van der Waals surface area contributed by atoms with E-state index < -0.39 is 5.91 Å². The number of carbonyl (C=O) groups is 1. The maximum Gasteiger partial charge on any atom is 0.248 e. The van der Waals surface area contributed by atoms with Crippen molar-refractivity contribution in [3.05, 3.63) is 52.3 Å². The summed E-state index contributed by atoms with van der Waals surface area (Å²) in [5.41, 5.74) is 10.3. The van der Waals surface area contributed by atoms with Crippen molar-refractivity contribution < 1.29 is 4.79 Å². The molecule has 0 radical (unpaired) electrons. The third-order valence-electron chi connectivity index (χ3n) is 3.40. The first-order valence-electron chi connectivity index (χ1n) is 6.55. The van der Waals surface area contributed by atoms with Crippen molar-refractivity contribution >= 4 is 5.91 Å². The highest BCUT2D eigenvalue weighted by molar-refractivity contribution is 5.92. The largest absolute Gasteiger partial charge is 0.366 e. The molecular formula is C15H20N4O. The molecule has 0 aliphatic carbocycles. The number of aromatic nitrogens is 2. The van der Waals surface area contributed by atoms with Crippen LogP contribution >= 0.6 is 0 Å². The van der Waals surface area contributed by atoms with Crippen LogP contribution in [0.1, 0.15) is 32.9 Å². The van der Waals surface area contributed by atoms with Crippen molar-refractivity contribution in [1.29, 1.82) is 0 Å². The summed E-state index contributed by atoms with van der Waals surface area (Å²) in [6, 6.07) is 7.40. The number of benzene rings is 1. The number of nitrogens with zero attached hydrogens (tertiary/aromatic N) is 2. The van der Waals surface area contributed by atoms with Gasteiger partial charge in [-0.3, -0.25) is 14.8 Å². The summed E-state index contributed by atoms with van der Waals surface area (Å²) in [6.07, 6.45) is 0.